The average molecular weight is 643 g/mol. The van der Waals surface area contributed by atoms with Crippen molar-refractivity contribution >= 4 is 32.0 Å². The number of esters is 2. The van der Waals surface area contributed by atoms with Crippen LogP contribution in [0.1, 0.15) is 58.4 Å². The van der Waals surface area contributed by atoms with Crippen LogP contribution in [0.5, 0.6) is 0 Å². The Morgan fingerprint density at radius 1 is 0.927 bits per heavy atom. The van der Waals surface area contributed by atoms with Crippen LogP contribution < -0.4 is 0 Å². The molecule has 0 spiro atoms. The van der Waals surface area contributed by atoms with Gasteiger partial charge in [0, 0.05) is 4.90 Å². The zero-order chi connectivity index (χ0) is 32.1. The Bertz CT molecular complexity index is 1280. The summed E-state index contributed by atoms with van der Waals surface area (Å²) in [5, 5.41) is 9.05. The van der Waals surface area contributed by atoms with E-state index in [0.29, 0.717) is 5.56 Å². The number of aliphatic hydroxyl groups excluding tert-OH is 1. The molecule has 0 aromatic heterocycles. The van der Waals surface area contributed by atoms with Gasteiger partial charge in [-0.2, -0.15) is 26.3 Å². The normalized spacial score (nSPS) is 15.6. The molecule has 0 amide bonds. The number of alkyl halides is 6. The number of aliphatic hydroxyl groups is 1. The quantitative estimate of drug-likeness (QED) is 0.227. The first kappa shape index (κ1) is 36.6. The predicted octanol–water partition coefficient (Wildman–Crippen LogP) is 4.55. The maximum atomic E-state index is 13.0. The molecule has 1 aromatic carbocycles. The fraction of sp³-hybridized carbons (Fsp3) is 0.652. The van der Waals surface area contributed by atoms with Crippen molar-refractivity contribution in [2.24, 2.45) is 10.8 Å². The molecule has 0 aliphatic rings. The van der Waals surface area contributed by atoms with Crippen molar-refractivity contribution < 1.29 is 67.3 Å². The van der Waals surface area contributed by atoms with Crippen LogP contribution in [0.15, 0.2) is 29.2 Å². The van der Waals surface area contributed by atoms with Gasteiger partial charge in [-0.3, -0.25) is 9.59 Å². The van der Waals surface area contributed by atoms with Crippen molar-refractivity contribution in [2.75, 3.05) is 19.8 Å². The largest absolute Gasteiger partial charge is 0.480 e. The molecule has 0 bridgehead atoms. The topological polar surface area (TPSA) is 155 Å². The number of hydrogen-bond donors (Lipinski definition) is 1. The minimum absolute atomic E-state index is 0.108. The monoisotopic (exact) mass is 642 g/mol. The number of sulfonamides is 2. The summed E-state index contributed by atoms with van der Waals surface area (Å²) in [6, 6.07) is 3.98. The van der Waals surface area contributed by atoms with E-state index in [1.165, 1.54) is 32.9 Å². The highest BCUT2D eigenvalue weighted by molar-refractivity contribution is 8.12. The van der Waals surface area contributed by atoms with Gasteiger partial charge in [0.05, 0.1) is 17.4 Å². The van der Waals surface area contributed by atoms with Gasteiger partial charge < -0.3 is 18.7 Å². The van der Waals surface area contributed by atoms with Crippen LogP contribution in [-0.4, -0.2) is 65.4 Å². The van der Waals surface area contributed by atoms with E-state index in [2.05, 4.69) is 4.74 Å². The number of carbonyl (C=O) groups excluding carboxylic acids is 2. The highest BCUT2D eigenvalue weighted by Crippen LogP contribution is 2.44. The van der Waals surface area contributed by atoms with E-state index in [0.717, 1.165) is 12.1 Å². The third-order valence-electron chi connectivity index (χ3n) is 5.90. The SMILES string of the molecule is CCC(CC(C)(CC(C)(C)C(=O)OCC(F)(F)F)C(=O)OCCO)c1ccc(S(=O)(=O)[N-]S(=O)(=O)C(F)(F)F)cc1. The summed E-state index contributed by atoms with van der Waals surface area (Å²) in [5.41, 5.74) is -8.77. The van der Waals surface area contributed by atoms with Crippen LogP contribution in [0.3, 0.4) is 0 Å². The lowest BCUT2D eigenvalue weighted by Gasteiger charge is -2.36. The first-order chi connectivity index (χ1) is 18.4. The van der Waals surface area contributed by atoms with E-state index in [1.54, 1.807) is 6.92 Å². The molecule has 1 rings (SSSR count). The lowest BCUT2D eigenvalue weighted by atomic mass is 9.68. The van der Waals surface area contributed by atoms with Crippen molar-refractivity contribution in [1.82, 2.24) is 0 Å². The first-order valence-electron chi connectivity index (χ1n) is 11.8. The lowest BCUT2D eigenvalue weighted by Crippen LogP contribution is -2.41. The van der Waals surface area contributed by atoms with Crippen molar-refractivity contribution in [3.05, 3.63) is 34.0 Å². The minimum atomic E-state index is -6.35. The molecule has 1 N–H and O–H groups in total. The molecule has 41 heavy (non-hydrogen) atoms. The molecule has 236 valence electrons. The van der Waals surface area contributed by atoms with Gasteiger partial charge in [-0.05, 0) is 63.6 Å². The van der Waals surface area contributed by atoms with Gasteiger partial charge in [0.1, 0.15) is 16.6 Å². The molecule has 0 aliphatic carbocycles. The van der Waals surface area contributed by atoms with E-state index in [-0.39, 0.29) is 19.3 Å². The Morgan fingerprint density at radius 2 is 1.46 bits per heavy atom. The lowest BCUT2D eigenvalue weighted by molar-refractivity contribution is -0.194. The van der Waals surface area contributed by atoms with Gasteiger partial charge in [0.2, 0.25) is 0 Å². The Kier molecular flexibility index (Phi) is 11.8. The van der Waals surface area contributed by atoms with Crippen LogP contribution >= 0.6 is 0 Å². The molecule has 2 atom stereocenters. The predicted molar refractivity (Wildman–Crippen MR) is 131 cm³/mol. The summed E-state index contributed by atoms with van der Waals surface area (Å²) in [5.74, 6) is -2.73. The van der Waals surface area contributed by atoms with E-state index in [9.17, 15) is 52.8 Å². The molecule has 18 heteroatoms. The third kappa shape index (κ3) is 10.4. The number of hydrogen-bond acceptors (Lipinski definition) is 9. The molecule has 0 aliphatic heterocycles. The fourth-order valence-corrected chi connectivity index (χ4v) is 6.29. The summed E-state index contributed by atoms with van der Waals surface area (Å²) in [7, 11) is -11.6. The standard InChI is InChI=1S/C23H30F6NO9S2/c1-5-15(16-6-8-17(9-7-16)40(34,35)30-41(36,37)23(27,28)29)12-21(4,19(33)38-11-10-31)13-20(2,3)18(32)39-14-22(24,25)26/h6-9,15,31H,5,10-14H2,1-4H3/q-1. The van der Waals surface area contributed by atoms with Crippen LogP contribution in [0.4, 0.5) is 26.3 Å². The minimum Gasteiger partial charge on any atom is -0.463 e. The second kappa shape index (κ2) is 13.2. The van der Waals surface area contributed by atoms with Crippen LogP contribution in [-0.2, 0) is 39.1 Å². The fourth-order valence-electron chi connectivity index (χ4n) is 4.10. The third-order valence-corrected chi connectivity index (χ3v) is 8.92. The zero-order valence-corrected chi connectivity index (χ0v) is 24.0. The summed E-state index contributed by atoms with van der Waals surface area (Å²) < 4.78 is 134. The van der Waals surface area contributed by atoms with E-state index in [4.69, 9.17) is 9.84 Å². The molecule has 0 fully saturated rings. The first-order valence-corrected chi connectivity index (χ1v) is 14.7. The Hall–Kier alpha value is -2.44. The highest BCUT2D eigenvalue weighted by Gasteiger charge is 2.46. The number of benzene rings is 1. The highest BCUT2D eigenvalue weighted by atomic mass is 32.3. The second-order valence-electron chi connectivity index (χ2n) is 10.0. The van der Waals surface area contributed by atoms with Crippen LogP contribution in [0, 0.1) is 10.8 Å². The molecule has 0 saturated heterocycles. The van der Waals surface area contributed by atoms with Crippen LogP contribution in [0.2, 0.25) is 0 Å². The van der Waals surface area contributed by atoms with E-state index in [1.807, 2.05) is 4.13 Å². The smallest absolute Gasteiger partial charge is 0.463 e. The number of nitrogens with zero attached hydrogens (tertiary/aromatic N) is 1. The molecule has 0 heterocycles. The zero-order valence-electron chi connectivity index (χ0n) is 22.4. The Morgan fingerprint density at radius 3 is 1.90 bits per heavy atom. The van der Waals surface area contributed by atoms with Crippen LogP contribution in [0.25, 0.3) is 4.13 Å². The van der Waals surface area contributed by atoms with Crippen molar-refractivity contribution in [2.45, 2.75) is 69.5 Å². The van der Waals surface area contributed by atoms with Gasteiger partial charge in [-0.15, -0.1) is 0 Å². The molecular formula is C23H30F6NO9S2-. The summed E-state index contributed by atoms with van der Waals surface area (Å²) >= 11 is 0. The summed E-state index contributed by atoms with van der Waals surface area (Å²) in [6.45, 7) is 2.79. The summed E-state index contributed by atoms with van der Waals surface area (Å²) in [6.07, 6.45) is -4.98. The molecule has 2 unspecified atom stereocenters. The van der Waals surface area contributed by atoms with Gasteiger partial charge >= 0.3 is 23.6 Å². The molecule has 0 saturated carbocycles. The van der Waals surface area contributed by atoms with Gasteiger partial charge in [0.25, 0.3) is 0 Å². The Balaban J connectivity index is 3.32. The number of rotatable bonds is 14. The van der Waals surface area contributed by atoms with E-state index < -0.39 is 85.1 Å². The number of ether oxygens (including phenoxy) is 2. The van der Waals surface area contributed by atoms with Gasteiger partial charge in [-0.25, -0.2) is 16.8 Å². The summed E-state index contributed by atoms with van der Waals surface area (Å²) in [4.78, 5) is 24.6. The number of carbonyl (C=O) groups is 2. The molecule has 0 radical (unpaired) electrons. The van der Waals surface area contributed by atoms with Crippen molar-refractivity contribution in [3.8, 4) is 0 Å². The van der Waals surface area contributed by atoms with Crippen molar-refractivity contribution in [1.29, 1.82) is 0 Å². The van der Waals surface area contributed by atoms with E-state index >= 15 is 0 Å². The maximum Gasteiger partial charge on any atom is 0.480 e. The average Bonchev–Trinajstić information content (AvgIpc) is 2.82. The Labute approximate surface area is 233 Å². The van der Waals surface area contributed by atoms with Gasteiger partial charge in [0.15, 0.2) is 16.6 Å². The molecule has 1 aromatic rings. The molecule has 10 nitrogen and oxygen atoms in total. The maximum absolute atomic E-state index is 13.0. The van der Waals surface area contributed by atoms with Crippen molar-refractivity contribution in [3.63, 3.8) is 0 Å². The number of halogens is 6. The second-order valence-corrected chi connectivity index (χ2v) is 13.5. The molecular weight excluding hydrogens is 612 g/mol. The van der Waals surface area contributed by atoms with Gasteiger partial charge in [-0.1, -0.05) is 19.1 Å².